The van der Waals surface area contributed by atoms with Crippen molar-refractivity contribution in [1.82, 2.24) is 4.98 Å². The van der Waals surface area contributed by atoms with E-state index in [1.54, 1.807) is 35.0 Å². The van der Waals surface area contributed by atoms with Crippen LogP contribution in [0.15, 0.2) is 18.3 Å². The number of hydrogen-bond acceptors (Lipinski definition) is 6. The zero-order valence-corrected chi connectivity index (χ0v) is 12.5. The highest BCUT2D eigenvalue weighted by Crippen LogP contribution is 2.25. The molecule has 0 aromatic carbocycles. The van der Waals surface area contributed by atoms with Crippen LogP contribution in [0.25, 0.3) is 0 Å². The van der Waals surface area contributed by atoms with Gasteiger partial charge in [0.05, 0.1) is 0 Å². The maximum atomic E-state index is 11.8. The highest BCUT2D eigenvalue weighted by molar-refractivity contribution is 8.01. The number of thioether (sulfide) groups is 1. The van der Waals surface area contributed by atoms with Crippen LogP contribution in [0.3, 0.4) is 0 Å². The monoisotopic (exact) mass is 300 g/mol. The number of pyridine rings is 1. The molecule has 2 rings (SSSR count). The summed E-state index contributed by atoms with van der Waals surface area (Å²) in [5.74, 6) is 1.90. The number of carbonyl (C=O) groups is 1. The van der Waals surface area contributed by atoms with Crippen LogP contribution in [0.1, 0.15) is 17.3 Å². The number of rotatable bonds is 3. The Kier molecular flexibility index (Phi) is 4.15. The molecule has 1 saturated heterocycles. The van der Waals surface area contributed by atoms with Crippen LogP contribution in [-0.2, 0) is 9.84 Å². The van der Waals surface area contributed by atoms with Crippen LogP contribution >= 0.6 is 11.8 Å². The summed E-state index contributed by atoms with van der Waals surface area (Å²) in [7, 11) is -3.18. The summed E-state index contributed by atoms with van der Waals surface area (Å²) < 4.78 is 23.7. The number of nitrogens with zero attached hydrogens (tertiary/aromatic N) is 2. The van der Waals surface area contributed by atoms with E-state index in [1.807, 2.05) is 0 Å². The van der Waals surface area contributed by atoms with Gasteiger partial charge in [0, 0.05) is 36.1 Å². The second kappa shape index (κ2) is 5.50. The van der Waals surface area contributed by atoms with Crippen LogP contribution < -0.4 is 4.90 Å². The third kappa shape index (κ3) is 3.27. The molecule has 104 valence electrons. The van der Waals surface area contributed by atoms with Crippen molar-refractivity contribution >= 4 is 33.2 Å². The number of ketones is 1. The van der Waals surface area contributed by atoms with Crippen molar-refractivity contribution in [3.8, 4) is 0 Å². The highest BCUT2D eigenvalue weighted by atomic mass is 32.2. The van der Waals surface area contributed by atoms with Crippen molar-refractivity contribution in [2.24, 2.45) is 0 Å². The van der Waals surface area contributed by atoms with Crippen LogP contribution in [0.5, 0.6) is 0 Å². The van der Waals surface area contributed by atoms with E-state index < -0.39 is 15.2 Å². The summed E-state index contributed by atoms with van der Waals surface area (Å²) >= 11 is 1.62. The molecule has 7 heteroatoms. The first-order chi connectivity index (χ1) is 8.89. The van der Waals surface area contributed by atoms with Crippen molar-refractivity contribution in [1.29, 1.82) is 0 Å². The molecule has 0 amide bonds. The lowest BCUT2D eigenvalue weighted by molar-refractivity contribution is 0.101. The molecule has 1 atom stereocenters. The second-order valence-corrected chi connectivity index (χ2v) is 7.86. The largest absolute Gasteiger partial charge is 0.338 e. The Morgan fingerprint density at radius 3 is 2.89 bits per heavy atom. The molecule has 1 aromatic heterocycles. The van der Waals surface area contributed by atoms with Gasteiger partial charge in [-0.05, 0) is 19.1 Å². The maximum absolute atomic E-state index is 11.8. The average Bonchev–Trinajstić information content (AvgIpc) is 2.38. The lowest BCUT2D eigenvalue weighted by Crippen LogP contribution is -2.47. The molecule has 1 aliphatic rings. The van der Waals surface area contributed by atoms with E-state index in [0.29, 0.717) is 23.7 Å². The summed E-state index contributed by atoms with van der Waals surface area (Å²) in [4.78, 5) is 17.4. The molecular weight excluding hydrogens is 284 g/mol. The van der Waals surface area contributed by atoms with Gasteiger partial charge >= 0.3 is 0 Å². The van der Waals surface area contributed by atoms with Gasteiger partial charge in [-0.25, -0.2) is 13.4 Å². The standard InChI is InChI=1S/C12H16N2O3S2/c1-9(15)10-3-4-13-11(7-10)14-5-6-18-8-12(14)19(2,16)17/h3-4,7,12H,5-6,8H2,1-2H3. The molecule has 5 nitrogen and oxygen atoms in total. The topological polar surface area (TPSA) is 67.3 Å². The molecule has 0 aliphatic carbocycles. The average molecular weight is 300 g/mol. The third-order valence-electron chi connectivity index (χ3n) is 3.03. The second-order valence-electron chi connectivity index (χ2n) is 4.51. The van der Waals surface area contributed by atoms with Crippen molar-refractivity contribution in [2.75, 3.05) is 29.2 Å². The number of Topliss-reactive ketones (excluding diaryl/α,β-unsaturated/α-hetero) is 1. The van der Waals surface area contributed by atoms with Gasteiger partial charge in [-0.3, -0.25) is 4.79 Å². The number of sulfone groups is 1. The van der Waals surface area contributed by atoms with Crippen LogP contribution in [0, 0.1) is 0 Å². The zero-order chi connectivity index (χ0) is 14.0. The number of hydrogen-bond donors (Lipinski definition) is 0. The van der Waals surface area contributed by atoms with E-state index in [2.05, 4.69) is 4.98 Å². The molecule has 1 aliphatic heterocycles. The lowest BCUT2D eigenvalue weighted by atomic mass is 10.2. The van der Waals surface area contributed by atoms with Crippen molar-refractivity contribution in [3.05, 3.63) is 23.9 Å². The summed E-state index contributed by atoms with van der Waals surface area (Å²) in [6.07, 6.45) is 2.79. The molecule has 0 saturated carbocycles. The van der Waals surface area contributed by atoms with Gasteiger partial charge in [0.25, 0.3) is 0 Å². The van der Waals surface area contributed by atoms with Crippen LogP contribution in [0.2, 0.25) is 0 Å². The molecule has 1 unspecified atom stereocenters. The van der Waals surface area contributed by atoms with Gasteiger partial charge in [0.15, 0.2) is 15.6 Å². The van der Waals surface area contributed by atoms with Gasteiger partial charge in [-0.15, -0.1) is 0 Å². The smallest absolute Gasteiger partial charge is 0.169 e. The Morgan fingerprint density at radius 1 is 1.53 bits per heavy atom. The van der Waals surface area contributed by atoms with Crippen molar-refractivity contribution in [3.63, 3.8) is 0 Å². The van der Waals surface area contributed by atoms with Crippen LogP contribution in [0.4, 0.5) is 5.82 Å². The minimum atomic E-state index is -3.18. The minimum Gasteiger partial charge on any atom is -0.338 e. The van der Waals surface area contributed by atoms with E-state index in [0.717, 1.165) is 5.75 Å². The fourth-order valence-corrected chi connectivity index (χ4v) is 4.82. The van der Waals surface area contributed by atoms with E-state index in [4.69, 9.17) is 0 Å². The molecule has 2 heterocycles. The van der Waals surface area contributed by atoms with E-state index in [-0.39, 0.29) is 5.78 Å². The molecule has 1 fully saturated rings. The van der Waals surface area contributed by atoms with Crippen molar-refractivity contribution in [2.45, 2.75) is 12.3 Å². The molecule has 0 radical (unpaired) electrons. The predicted molar refractivity (Wildman–Crippen MR) is 77.5 cm³/mol. The molecule has 0 N–H and O–H groups in total. The summed E-state index contributed by atoms with van der Waals surface area (Å²) in [6.45, 7) is 2.11. The fraction of sp³-hybridized carbons (Fsp3) is 0.500. The summed E-state index contributed by atoms with van der Waals surface area (Å²) in [6, 6.07) is 3.30. The van der Waals surface area contributed by atoms with E-state index >= 15 is 0 Å². The molecule has 0 bridgehead atoms. The van der Waals surface area contributed by atoms with Gasteiger partial charge < -0.3 is 4.90 Å². The van der Waals surface area contributed by atoms with Crippen molar-refractivity contribution < 1.29 is 13.2 Å². The highest BCUT2D eigenvalue weighted by Gasteiger charge is 2.31. The first kappa shape index (κ1) is 14.3. The SMILES string of the molecule is CC(=O)c1ccnc(N2CCSCC2S(C)(=O)=O)c1. The third-order valence-corrected chi connectivity index (χ3v) is 5.67. The summed E-state index contributed by atoms with van der Waals surface area (Å²) in [5, 5.41) is -0.569. The Hall–Kier alpha value is -1.08. The molecule has 1 aromatic rings. The molecule has 19 heavy (non-hydrogen) atoms. The lowest BCUT2D eigenvalue weighted by Gasteiger charge is -2.35. The Labute approximate surface area is 117 Å². The number of aromatic nitrogens is 1. The van der Waals surface area contributed by atoms with E-state index in [9.17, 15) is 13.2 Å². The number of anilines is 1. The fourth-order valence-electron chi connectivity index (χ4n) is 1.99. The Morgan fingerprint density at radius 2 is 2.26 bits per heavy atom. The van der Waals surface area contributed by atoms with Crippen LogP contribution in [-0.4, -0.2) is 48.9 Å². The quantitative estimate of drug-likeness (QED) is 0.782. The van der Waals surface area contributed by atoms with Gasteiger partial charge in [0.2, 0.25) is 0 Å². The van der Waals surface area contributed by atoms with Gasteiger partial charge in [-0.1, -0.05) is 0 Å². The summed E-state index contributed by atoms with van der Waals surface area (Å²) in [5.41, 5.74) is 0.551. The first-order valence-corrected chi connectivity index (χ1v) is 9.01. The molecule has 0 spiro atoms. The Balaban J connectivity index is 2.38. The minimum absolute atomic E-state index is 0.0501. The zero-order valence-electron chi connectivity index (χ0n) is 10.9. The van der Waals surface area contributed by atoms with E-state index in [1.165, 1.54) is 13.2 Å². The molecular formula is C12H16N2O3S2. The number of carbonyl (C=O) groups excluding carboxylic acids is 1. The Bertz CT molecular complexity index is 586. The normalized spacial score (nSPS) is 20.3. The van der Waals surface area contributed by atoms with Gasteiger partial charge in [0.1, 0.15) is 11.2 Å². The predicted octanol–water partition coefficient (Wildman–Crippen LogP) is 1.21. The maximum Gasteiger partial charge on any atom is 0.169 e. The first-order valence-electron chi connectivity index (χ1n) is 5.90. The van der Waals surface area contributed by atoms with Gasteiger partial charge in [-0.2, -0.15) is 11.8 Å².